The van der Waals surface area contributed by atoms with Gasteiger partial charge < -0.3 is 20.1 Å². The standard InChI is InChI=1S/C17H35N3O2/c1-15(2)13-17(7-5-8-17)14-20-16(18-3)19-9-6-10-22-12-11-21-4/h15H,5-14H2,1-4H3,(H2,18,19,20). The smallest absolute Gasteiger partial charge is 0.190 e. The number of ether oxygens (including phenoxy) is 2. The van der Waals surface area contributed by atoms with Crippen LogP contribution in [0.5, 0.6) is 0 Å². The van der Waals surface area contributed by atoms with Gasteiger partial charge in [0.05, 0.1) is 13.2 Å². The van der Waals surface area contributed by atoms with Crippen molar-refractivity contribution in [3.63, 3.8) is 0 Å². The van der Waals surface area contributed by atoms with E-state index in [1.54, 1.807) is 7.11 Å². The van der Waals surface area contributed by atoms with E-state index in [1.807, 2.05) is 7.05 Å². The summed E-state index contributed by atoms with van der Waals surface area (Å²) in [6.07, 6.45) is 6.36. The fraction of sp³-hybridized carbons (Fsp3) is 0.941. The SMILES string of the molecule is CN=C(NCCCOCCOC)NCC1(CC(C)C)CCC1. The van der Waals surface area contributed by atoms with Gasteiger partial charge in [0.1, 0.15) is 0 Å². The average Bonchev–Trinajstić information content (AvgIpc) is 2.46. The lowest BCUT2D eigenvalue weighted by Gasteiger charge is -2.43. The lowest BCUT2D eigenvalue weighted by atomic mass is 9.64. The van der Waals surface area contributed by atoms with Gasteiger partial charge in [-0.1, -0.05) is 20.3 Å². The van der Waals surface area contributed by atoms with E-state index < -0.39 is 0 Å². The molecule has 5 nitrogen and oxygen atoms in total. The molecule has 130 valence electrons. The number of rotatable bonds is 11. The molecule has 0 saturated heterocycles. The van der Waals surface area contributed by atoms with Crippen LogP contribution in [-0.2, 0) is 9.47 Å². The Bertz CT molecular complexity index is 315. The highest BCUT2D eigenvalue weighted by Gasteiger charge is 2.37. The van der Waals surface area contributed by atoms with Crippen LogP contribution in [0.1, 0.15) is 46.0 Å². The third-order valence-electron chi connectivity index (χ3n) is 4.30. The fourth-order valence-corrected chi connectivity index (χ4v) is 3.11. The highest BCUT2D eigenvalue weighted by atomic mass is 16.5. The molecule has 0 aromatic carbocycles. The second kappa shape index (κ2) is 10.8. The molecule has 0 heterocycles. The zero-order valence-corrected chi connectivity index (χ0v) is 14.9. The van der Waals surface area contributed by atoms with Crippen LogP contribution in [0, 0.1) is 11.3 Å². The van der Waals surface area contributed by atoms with Crippen molar-refractivity contribution in [2.24, 2.45) is 16.3 Å². The van der Waals surface area contributed by atoms with Crippen molar-refractivity contribution in [3.8, 4) is 0 Å². The lowest BCUT2D eigenvalue weighted by Crippen LogP contribution is -2.47. The maximum Gasteiger partial charge on any atom is 0.190 e. The second-order valence-electron chi connectivity index (χ2n) is 6.76. The van der Waals surface area contributed by atoms with Crippen LogP contribution in [0.2, 0.25) is 0 Å². The molecule has 1 saturated carbocycles. The first-order valence-corrected chi connectivity index (χ1v) is 8.63. The second-order valence-corrected chi connectivity index (χ2v) is 6.76. The molecule has 5 heteroatoms. The summed E-state index contributed by atoms with van der Waals surface area (Å²) in [4.78, 5) is 4.31. The van der Waals surface area contributed by atoms with Gasteiger partial charge in [-0.3, -0.25) is 4.99 Å². The minimum absolute atomic E-state index is 0.495. The molecule has 1 aliphatic rings. The minimum atomic E-state index is 0.495. The first-order chi connectivity index (χ1) is 10.6. The van der Waals surface area contributed by atoms with Gasteiger partial charge in [0, 0.05) is 33.9 Å². The van der Waals surface area contributed by atoms with Gasteiger partial charge in [-0.15, -0.1) is 0 Å². The van der Waals surface area contributed by atoms with Gasteiger partial charge in [0.2, 0.25) is 0 Å². The number of hydrogen-bond donors (Lipinski definition) is 2. The molecular weight excluding hydrogens is 278 g/mol. The molecule has 1 aliphatic carbocycles. The fourth-order valence-electron chi connectivity index (χ4n) is 3.11. The van der Waals surface area contributed by atoms with Crippen molar-refractivity contribution in [2.75, 3.05) is 47.1 Å². The molecule has 0 amide bonds. The maximum absolute atomic E-state index is 5.45. The molecule has 0 unspecified atom stereocenters. The van der Waals surface area contributed by atoms with Crippen LogP contribution < -0.4 is 10.6 Å². The van der Waals surface area contributed by atoms with Crippen molar-refractivity contribution in [1.82, 2.24) is 10.6 Å². The molecule has 0 bridgehead atoms. The normalized spacial score (nSPS) is 17.4. The van der Waals surface area contributed by atoms with Crippen molar-refractivity contribution < 1.29 is 9.47 Å². The minimum Gasteiger partial charge on any atom is -0.382 e. The molecule has 22 heavy (non-hydrogen) atoms. The molecule has 1 rings (SSSR count). The van der Waals surface area contributed by atoms with Crippen LogP contribution in [0.15, 0.2) is 4.99 Å². The summed E-state index contributed by atoms with van der Waals surface area (Å²) in [5.41, 5.74) is 0.495. The van der Waals surface area contributed by atoms with E-state index in [1.165, 1.54) is 25.7 Å². The van der Waals surface area contributed by atoms with E-state index in [0.29, 0.717) is 18.6 Å². The third kappa shape index (κ3) is 7.45. The Balaban J connectivity index is 2.14. The van der Waals surface area contributed by atoms with E-state index in [2.05, 4.69) is 29.5 Å². The summed E-state index contributed by atoms with van der Waals surface area (Å²) >= 11 is 0. The summed E-state index contributed by atoms with van der Waals surface area (Å²) in [5, 5.41) is 6.87. The molecule has 0 atom stereocenters. The zero-order chi connectivity index (χ0) is 16.3. The number of nitrogens with one attached hydrogen (secondary N) is 2. The number of nitrogens with zero attached hydrogens (tertiary/aromatic N) is 1. The molecule has 0 radical (unpaired) electrons. The Hall–Kier alpha value is -0.810. The third-order valence-corrected chi connectivity index (χ3v) is 4.30. The van der Waals surface area contributed by atoms with E-state index in [0.717, 1.165) is 38.0 Å². The molecule has 0 spiro atoms. The van der Waals surface area contributed by atoms with Crippen molar-refractivity contribution in [3.05, 3.63) is 0 Å². The van der Waals surface area contributed by atoms with E-state index >= 15 is 0 Å². The topological polar surface area (TPSA) is 54.9 Å². The Kier molecular flexibility index (Phi) is 9.48. The van der Waals surface area contributed by atoms with Gasteiger partial charge >= 0.3 is 0 Å². The van der Waals surface area contributed by atoms with Gasteiger partial charge in [0.25, 0.3) is 0 Å². The molecule has 0 aromatic rings. The largest absolute Gasteiger partial charge is 0.382 e. The number of guanidine groups is 1. The molecule has 2 N–H and O–H groups in total. The number of methoxy groups -OCH3 is 1. The summed E-state index contributed by atoms with van der Waals surface area (Å²) in [6, 6.07) is 0. The molecule has 0 aliphatic heterocycles. The Labute approximate surface area is 136 Å². The number of aliphatic imine (C=N–C) groups is 1. The van der Waals surface area contributed by atoms with Crippen LogP contribution >= 0.6 is 0 Å². The van der Waals surface area contributed by atoms with Gasteiger partial charge in [0.15, 0.2) is 5.96 Å². The summed E-state index contributed by atoms with van der Waals surface area (Å²) in [7, 11) is 3.52. The molecule has 1 fully saturated rings. The molecular formula is C17H35N3O2. The van der Waals surface area contributed by atoms with Gasteiger partial charge in [-0.25, -0.2) is 0 Å². The van der Waals surface area contributed by atoms with Crippen molar-refractivity contribution in [2.45, 2.75) is 46.0 Å². The zero-order valence-electron chi connectivity index (χ0n) is 14.9. The molecule has 0 aromatic heterocycles. The first kappa shape index (κ1) is 19.2. The number of hydrogen-bond acceptors (Lipinski definition) is 3. The summed E-state index contributed by atoms with van der Waals surface area (Å²) in [5.74, 6) is 1.67. The maximum atomic E-state index is 5.45. The lowest BCUT2D eigenvalue weighted by molar-refractivity contribution is 0.0698. The van der Waals surface area contributed by atoms with Crippen LogP contribution in [0.25, 0.3) is 0 Å². The highest BCUT2D eigenvalue weighted by Crippen LogP contribution is 2.45. The summed E-state index contributed by atoms with van der Waals surface area (Å²) < 4.78 is 10.4. The van der Waals surface area contributed by atoms with Crippen LogP contribution in [0.3, 0.4) is 0 Å². The average molecular weight is 313 g/mol. The Morgan fingerprint density at radius 3 is 2.50 bits per heavy atom. The van der Waals surface area contributed by atoms with Crippen LogP contribution in [0.4, 0.5) is 0 Å². The van der Waals surface area contributed by atoms with Crippen molar-refractivity contribution >= 4 is 5.96 Å². The quantitative estimate of drug-likeness (QED) is 0.349. The summed E-state index contributed by atoms with van der Waals surface area (Å²) in [6.45, 7) is 8.63. The predicted octanol–water partition coefficient (Wildman–Crippen LogP) is 2.42. The Morgan fingerprint density at radius 2 is 1.95 bits per heavy atom. The first-order valence-electron chi connectivity index (χ1n) is 8.63. The predicted molar refractivity (Wildman–Crippen MR) is 92.4 cm³/mol. The van der Waals surface area contributed by atoms with E-state index in [-0.39, 0.29) is 0 Å². The monoisotopic (exact) mass is 313 g/mol. The van der Waals surface area contributed by atoms with Crippen LogP contribution in [-0.4, -0.2) is 53.0 Å². The van der Waals surface area contributed by atoms with E-state index in [9.17, 15) is 0 Å². The van der Waals surface area contributed by atoms with Gasteiger partial charge in [-0.05, 0) is 37.0 Å². The Morgan fingerprint density at radius 1 is 1.18 bits per heavy atom. The van der Waals surface area contributed by atoms with Gasteiger partial charge in [-0.2, -0.15) is 0 Å². The highest BCUT2D eigenvalue weighted by molar-refractivity contribution is 5.79. The van der Waals surface area contributed by atoms with Crippen molar-refractivity contribution in [1.29, 1.82) is 0 Å². The van der Waals surface area contributed by atoms with E-state index in [4.69, 9.17) is 9.47 Å².